The standard InChI is InChI=1S/C28H34N8O5/c1-38-18-10-16(11-19(14-18)39-2)24-32-26-22(23(29)37)25(31-17-12-20(40-3)15-21(13-17)41-4)33-27(36(26)35-24)34-28(30)8-6-5-7-9-28/h10-15,31H,5-9,30H2,1-4H3,(H2,29,37)(H,33,34). The SMILES string of the molecule is COc1cc(Nc2nc(NC3(N)CCCCC3)n3nc(-c4cc(OC)cc(OC)c4)nc3c2C(N)=O)cc(OC)c1. The van der Waals surface area contributed by atoms with Gasteiger partial charge in [-0.2, -0.15) is 9.50 Å². The maximum Gasteiger partial charge on any atom is 0.256 e. The van der Waals surface area contributed by atoms with E-state index in [-0.39, 0.29) is 17.0 Å². The Morgan fingerprint density at radius 3 is 1.95 bits per heavy atom. The van der Waals surface area contributed by atoms with Gasteiger partial charge in [-0.15, -0.1) is 5.10 Å². The number of aromatic nitrogens is 4. The zero-order valence-electron chi connectivity index (χ0n) is 23.5. The summed E-state index contributed by atoms with van der Waals surface area (Å²) in [7, 11) is 6.22. The molecule has 41 heavy (non-hydrogen) atoms. The van der Waals surface area contributed by atoms with Crippen LogP contribution in [-0.2, 0) is 0 Å². The first kappa shape index (κ1) is 27.8. The summed E-state index contributed by atoms with van der Waals surface area (Å²) in [6.07, 6.45) is 4.57. The van der Waals surface area contributed by atoms with E-state index in [1.165, 1.54) is 4.52 Å². The molecule has 1 amide bonds. The fourth-order valence-electron chi connectivity index (χ4n) is 4.94. The largest absolute Gasteiger partial charge is 0.497 e. The van der Waals surface area contributed by atoms with Crippen LogP contribution in [0.3, 0.4) is 0 Å². The Labute approximate surface area is 237 Å². The van der Waals surface area contributed by atoms with Crippen LogP contribution in [0.4, 0.5) is 17.5 Å². The predicted octanol–water partition coefficient (Wildman–Crippen LogP) is 3.70. The molecule has 216 valence electrons. The van der Waals surface area contributed by atoms with E-state index in [1.54, 1.807) is 64.8 Å². The fraction of sp³-hybridized carbons (Fsp3) is 0.357. The molecule has 2 aromatic heterocycles. The van der Waals surface area contributed by atoms with Crippen molar-refractivity contribution in [3.63, 3.8) is 0 Å². The summed E-state index contributed by atoms with van der Waals surface area (Å²) in [5, 5.41) is 11.3. The first-order valence-electron chi connectivity index (χ1n) is 13.2. The number of hydrogen-bond acceptors (Lipinski definition) is 11. The van der Waals surface area contributed by atoms with Gasteiger partial charge in [0.25, 0.3) is 5.91 Å². The summed E-state index contributed by atoms with van der Waals surface area (Å²) in [5.74, 6) is 2.26. The van der Waals surface area contributed by atoms with Crippen molar-refractivity contribution in [1.29, 1.82) is 0 Å². The van der Waals surface area contributed by atoms with Gasteiger partial charge in [-0.05, 0) is 37.8 Å². The Bertz CT molecular complexity index is 1540. The van der Waals surface area contributed by atoms with Crippen LogP contribution in [-0.4, -0.2) is 59.6 Å². The Morgan fingerprint density at radius 2 is 1.41 bits per heavy atom. The summed E-state index contributed by atoms with van der Waals surface area (Å²) in [6, 6.07) is 10.5. The Kier molecular flexibility index (Phi) is 7.70. The van der Waals surface area contributed by atoms with E-state index in [4.69, 9.17) is 45.5 Å². The van der Waals surface area contributed by atoms with Crippen molar-refractivity contribution in [2.24, 2.45) is 11.5 Å². The Morgan fingerprint density at radius 1 is 0.854 bits per heavy atom. The van der Waals surface area contributed by atoms with Crippen LogP contribution in [0.5, 0.6) is 23.0 Å². The molecule has 0 atom stereocenters. The van der Waals surface area contributed by atoms with Gasteiger partial charge in [-0.3, -0.25) is 4.79 Å². The molecule has 13 heteroatoms. The van der Waals surface area contributed by atoms with Gasteiger partial charge < -0.3 is 41.0 Å². The highest BCUT2D eigenvalue weighted by atomic mass is 16.5. The van der Waals surface area contributed by atoms with E-state index in [2.05, 4.69) is 10.6 Å². The van der Waals surface area contributed by atoms with Crippen LogP contribution in [0, 0.1) is 0 Å². The van der Waals surface area contributed by atoms with Gasteiger partial charge in [0.2, 0.25) is 5.95 Å². The Hall–Kier alpha value is -4.78. The third-order valence-electron chi connectivity index (χ3n) is 7.06. The number of benzene rings is 2. The minimum Gasteiger partial charge on any atom is -0.497 e. The van der Waals surface area contributed by atoms with Crippen molar-refractivity contribution in [3.8, 4) is 34.4 Å². The molecule has 0 bridgehead atoms. The number of methoxy groups -OCH3 is 4. The predicted molar refractivity (Wildman–Crippen MR) is 154 cm³/mol. The number of nitrogens with two attached hydrogens (primary N) is 2. The summed E-state index contributed by atoms with van der Waals surface area (Å²) in [5.41, 5.74) is 13.4. The normalized spacial score (nSPS) is 14.4. The minimum atomic E-state index is -0.742. The molecule has 1 aliphatic carbocycles. The molecular weight excluding hydrogens is 528 g/mol. The van der Waals surface area contributed by atoms with E-state index in [0.717, 1.165) is 32.1 Å². The highest BCUT2D eigenvalue weighted by molar-refractivity contribution is 6.04. The summed E-state index contributed by atoms with van der Waals surface area (Å²) < 4.78 is 23.1. The van der Waals surface area contributed by atoms with Crippen LogP contribution in [0.2, 0.25) is 0 Å². The second kappa shape index (κ2) is 11.4. The van der Waals surface area contributed by atoms with Crippen molar-refractivity contribution in [1.82, 2.24) is 19.6 Å². The van der Waals surface area contributed by atoms with Gasteiger partial charge in [0.05, 0.1) is 34.1 Å². The number of anilines is 3. The van der Waals surface area contributed by atoms with E-state index in [9.17, 15) is 4.79 Å². The molecule has 1 aliphatic rings. The van der Waals surface area contributed by atoms with Gasteiger partial charge in [0.15, 0.2) is 17.3 Å². The second-order valence-corrected chi connectivity index (χ2v) is 9.86. The number of carbonyl (C=O) groups is 1. The molecule has 0 unspecified atom stereocenters. The highest BCUT2D eigenvalue weighted by Crippen LogP contribution is 2.34. The van der Waals surface area contributed by atoms with Crippen molar-refractivity contribution < 1.29 is 23.7 Å². The smallest absolute Gasteiger partial charge is 0.256 e. The molecule has 0 spiro atoms. The number of hydrogen-bond donors (Lipinski definition) is 4. The van der Waals surface area contributed by atoms with Gasteiger partial charge in [-0.1, -0.05) is 6.42 Å². The lowest BCUT2D eigenvalue weighted by molar-refractivity contribution is 0.100. The van der Waals surface area contributed by atoms with Crippen LogP contribution in [0.15, 0.2) is 36.4 Å². The molecular formula is C28H34N8O5. The second-order valence-electron chi connectivity index (χ2n) is 9.86. The molecule has 0 saturated heterocycles. The maximum atomic E-state index is 12.9. The number of nitrogens with one attached hydrogen (secondary N) is 2. The molecule has 1 saturated carbocycles. The summed E-state index contributed by atoms with van der Waals surface area (Å²) in [6.45, 7) is 0. The number of primary amides is 1. The first-order chi connectivity index (χ1) is 19.7. The molecule has 1 fully saturated rings. The molecule has 5 rings (SSSR count). The highest BCUT2D eigenvalue weighted by Gasteiger charge is 2.31. The van der Waals surface area contributed by atoms with Crippen LogP contribution in [0.1, 0.15) is 42.5 Å². The minimum absolute atomic E-state index is 0.0423. The molecule has 0 radical (unpaired) electrons. The number of nitrogens with zero attached hydrogens (tertiary/aromatic N) is 4. The van der Waals surface area contributed by atoms with Crippen LogP contribution < -0.4 is 41.0 Å². The van der Waals surface area contributed by atoms with Crippen molar-refractivity contribution in [2.45, 2.75) is 37.8 Å². The van der Waals surface area contributed by atoms with Gasteiger partial charge in [0, 0.05) is 35.5 Å². The van der Waals surface area contributed by atoms with E-state index >= 15 is 0 Å². The van der Waals surface area contributed by atoms with E-state index in [1.807, 2.05) is 0 Å². The molecule has 2 aromatic carbocycles. The van der Waals surface area contributed by atoms with Gasteiger partial charge >= 0.3 is 0 Å². The van der Waals surface area contributed by atoms with Crippen LogP contribution >= 0.6 is 0 Å². The summed E-state index contributed by atoms with van der Waals surface area (Å²) in [4.78, 5) is 22.4. The van der Waals surface area contributed by atoms with Crippen LogP contribution in [0.25, 0.3) is 17.0 Å². The number of amides is 1. The molecule has 0 aliphatic heterocycles. The zero-order valence-corrected chi connectivity index (χ0v) is 23.5. The lowest BCUT2D eigenvalue weighted by Gasteiger charge is -2.34. The number of rotatable bonds is 10. The quantitative estimate of drug-likeness (QED) is 0.208. The topological polar surface area (TPSA) is 173 Å². The molecule has 2 heterocycles. The van der Waals surface area contributed by atoms with Crippen molar-refractivity contribution in [2.75, 3.05) is 39.1 Å². The molecule has 13 nitrogen and oxygen atoms in total. The Balaban J connectivity index is 1.71. The summed E-state index contributed by atoms with van der Waals surface area (Å²) >= 11 is 0. The van der Waals surface area contributed by atoms with Crippen molar-refractivity contribution >= 4 is 29.0 Å². The lowest BCUT2D eigenvalue weighted by atomic mass is 9.90. The number of ether oxygens (including phenoxy) is 4. The average Bonchev–Trinajstić information content (AvgIpc) is 3.42. The molecule has 6 N–H and O–H groups in total. The third kappa shape index (κ3) is 5.75. The van der Waals surface area contributed by atoms with Gasteiger partial charge in [-0.25, -0.2) is 4.98 Å². The third-order valence-corrected chi connectivity index (χ3v) is 7.06. The van der Waals surface area contributed by atoms with Crippen molar-refractivity contribution in [3.05, 3.63) is 42.0 Å². The number of carbonyl (C=O) groups excluding carboxylic acids is 1. The van der Waals surface area contributed by atoms with E-state index < -0.39 is 11.6 Å². The lowest BCUT2D eigenvalue weighted by Crippen LogP contribution is -2.49. The number of fused-ring (bicyclic) bond motifs is 1. The fourth-order valence-corrected chi connectivity index (χ4v) is 4.94. The molecule has 4 aromatic rings. The first-order valence-corrected chi connectivity index (χ1v) is 13.2. The average molecular weight is 563 g/mol. The van der Waals surface area contributed by atoms with E-state index in [0.29, 0.717) is 46.0 Å². The zero-order chi connectivity index (χ0) is 29.1. The monoisotopic (exact) mass is 562 g/mol. The van der Waals surface area contributed by atoms with Gasteiger partial charge in [0.1, 0.15) is 28.6 Å². The maximum absolute atomic E-state index is 12.9.